The van der Waals surface area contributed by atoms with Crippen LogP contribution >= 0.6 is 0 Å². The highest BCUT2D eigenvalue weighted by molar-refractivity contribution is 6.05. The Bertz CT molecular complexity index is 2660. The lowest BCUT2D eigenvalue weighted by Gasteiger charge is -2.25. The fourth-order valence-corrected chi connectivity index (χ4v) is 7.22. The lowest BCUT2D eigenvalue weighted by atomic mass is 9.85. The number of furan rings is 1. The number of benzene rings is 6. The molecular weight excluding hydrogens is 621 g/mol. The molecule has 3 heteroatoms. The SMILES string of the molecule is C=C1C=Cc2cc(-c3ccc(N(c4ccccc4)c4ccc(C#N)cc4)cc3)cc3c2CC(=CC(c2ccc4c(c2)oc2ccccc24)=C1)C=C3. The van der Waals surface area contributed by atoms with E-state index in [4.69, 9.17) is 4.42 Å². The summed E-state index contributed by atoms with van der Waals surface area (Å²) in [6, 6.07) is 48.3. The first-order valence-electron chi connectivity index (χ1n) is 17.1. The summed E-state index contributed by atoms with van der Waals surface area (Å²) in [4.78, 5) is 2.21. The molecule has 2 aliphatic rings. The minimum atomic E-state index is 0.642. The molecule has 240 valence electrons. The first-order chi connectivity index (χ1) is 25.1. The summed E-state index contributed by atoms with van der Waals surface area (Å²) in [5, 5.41) is 11.6. The molecule has 0 fully saturated rings. The summed E-state index contributed by atoms with van der Waals surface area (Å²) >= 11 is 0. The van der Waals surface area contributed by atoms with Crippen LogP contribution in [0.1, 0.15) is 27.8 Å². The molecule has 0 saturated heterocycles. The van der Waals surface area contributed by atoms with Crippen LogP contribution in [0.15, 0.2) is 180 Å². The maximum Gasteiger partial charge on any atom is 0.136 e. The Labute approximate surface area is 297 Å². The zero-order valence-corrected chi connectivity index (χ0v) is 27.9. The van der Waals surface area contributed by atoms with Crippen LogP contribution in [0.5, 0.6) is 0 Å². The smallest absolute Gasteiger partial charge is 0.136 e. The van der Waals surface area contributed by atoms with E-state index in [0.29, 0.717) is 5.56 Å². The minimum absolute atomic E-state index is 0.642. The van der Waals surface area contributed by atoms with E-state index in [1.54, 1.807) is 0 Å². The Hall–Kier alpha value is -6.89. The number of fused-ring (bicyclic) bond motifs is 4. The largest absolute Gasteiger partial charge is 0.456 e. The molecular formula is C48H32N2O. The zero-order valence-electron chi connectivity index (χ0n) is 27.9. The fraction of sp³-hybridized carbons (Fsp3) is 0.0208. The molecule has 51 heavy (non-hydrogen) atoms. The number of nitrogens with zero attached hydrogens (tertiary/aromatic N) is 2. The van der Waals surface area contributed by atoms with Gasteiger partial charge in [-0.05, 0) is 141 Å². The minimum Gasteiger partial charge on any atom is -0.456 e. The molecule has 0 saturated carbocycles. The normalized spacial score (nSPS) is 13.5. The van der Waals surface area contributed by atoms with E-state index < -0.39 is 0 Å². The van der Waals surface area contributed by atoms with Gasteiger partial charge in [0.15, 0.2) is 0 Å². The second kappa shape index (κ2) is 12.5. The number of allylic oxidation sites excluding steroid dienone is 7. The third-order valence-corrected chi connectivity index (χ3v) is 9.78. The van der Waals surface area contributed by atoms with Crippen LogP contribution < -0.4 is 4.90 Å². The van der Waals surface area contributed by atoms with Crippen LogP contribution in [0.2, 0.25) is 0 Å². The second-order valence-corrected chi connectivity index (χ2v) is 13.1. The number of rotatable bonds is 5. The average Bonchev–Trinajstić information content (AvgIpc) is 3.56. The first kappa shape index (κ1) is 30.2. The third kappa shape index (κ3) is 5.69. The molecule has 2 bridgehead atoms. The molecule has 0 aliphatic heterocycles. The summed E-state index contributed by atoms with van der Waals surface area (Å²) < 4.78 is 6.22. The van der Waals surface area contributed by atoms with Crippen LogP contribution in [-0.2, 0) is 6.42 Å². The lowest BCUT2D eigenvalue weighted by Crippen LogP contribution is -2.09. The fourth-order valence-electron chi connectivity index (χ4n) is 7.22. The Morgan fingerprint density at radius 2 is 1.22 bits per heavy atom. The number of nitriles is 1. The standard InChI is InChI=1S/C48H32N2O/c1-32-11-15-37-28-40(35-17-22-43(23-18-35)50(41-7-3-2-4-8-41)42-20-13-33(31-49)14-21-42)29-38-16-12-34(27-46(37)38)26-39(25-32)36-19-24-45-44-9-5-6-10-47(44)51-48(45)30-36/h2-26,28-30H,1,27H2. The van der Waals surface area contributed by atoms with Crippen molar-refractivity contribution in [2.24, 2.45) is 0 Å². The molecule has 0 radical (unpaired) electrons. The van der Waals surface area contributed by atoms with Gasteiger partial charge < -0.3 is 9.32 Å². The lowest BCUT2D eigenvalue weighted by molar-refractivity contribution is 0.669. The second-order valence-electron chi connectivity index (χ2n) is 13.1. The highest BCUT2D eigenvalue weighted by Crippen LogP contribution is 2.39. The maximum absolute atomic E-state index is 9.34. The van der Waals surface area contributed by atoms with E-state index in [0.717, 1.165) is 67.7 Å². The van der Waals surface area contributed by atoms with Gasteiger partial charge in [0.05, 0.1) is 11.6 Å². The molecule has 6 aromatic carbocycles. The van der Waals surface area contributed by atoms with Crippen molar-refractivity contribution in [3.05, 3.63) is 203 Å². The van der Waals surface area contributed by atoms with E-state index >= 15 is 0 Å². The quantitative estimate of drug-likeness (QED) is 0.186. The predicted octanol–water partition coefficient (Wildman–Crippen LogP) is 12.8. The highest BCUT2D eigenvalue weighted by Gasteiger charge is 2.18. The predicted molar refractivity (Wildman–Crippen MR) is 212 cm³/mol. The van der Waals surface area contributed by atoms with E-state index in [1.165, 1.54) is 27.8 Å². The van der Waals surface area contributed by atoms with Crippen LogP contribution in [0.3, 0.4) is 0 Å². The molecule has 2 aliphatic carbocycles. The van der Waals surface area contributed by atoms with Crippen molar-refractivity contribution in [1.82, 2.24) is 0 Å². The van der Waals surface area contributed by atoms with E-state index in [9.17, 15) is 5.26 Å². The van der Waals surface area contributed by atoms with Gasteiger partial charge in [-0.2, -0.15) is 5.26 Å². The van der Waals surface area contributed by atoms with Gasteiger partial charge in [0.2, 0.25) is 0 Å². The van der Waals surface area contributed by atoms with Crippen LogP contribution in [-0.4, -0.2) is 0 Å². The summed E-state index contributed by atoms with van der Waals surface area (Å²) in [6.45, 7) is 4.41. The topological polar surface area (TPSA) is 40.2 Å². The maximum atomic E-state index is 9.34. The summed E-state index contributed by atoms with van der Waals surface area (Å²) in [5.74, 6) is 0. The van der Waals surface area contributed by atoms with Crippen molar-refractivity contribution in [2.45, 2.75) is 6.42 Å². The van der Waals surface area contributed by atoms with Gasteiger partial charge in [-0.25, -0.2) is 0 Å². The first-order valence-corrected chi connectivity index (χ1v) is 17.1. The molecule has 0 unspecified atom stereocenters. The van der Waals surface area contributed by atoms with Gasteiger partial charge in [0.1, 0.15) is 11.2 Å². The third-order valence-electron chi connectivity index (χ3n) is 9.78. The van der Waals surface area contributed by atoms with Gasteiger partial charge >= 0.3 is 0 Å². The summed E-state index contributed by atoms with van der Waals surface area (Å²) in [5.41, 5.74) is 16.0. The molecule has 1 aromatic heterocycles. The van der Waals surface area contributed by atoms with Crippen LogP contribution in [0.25, 0.3) is 50.8 Å². The summed E-state index contributed by atoms with van der Waals surface area (Å²) in [7, 11) is 0. The van der Waals surface area contributed by atoms with E-state index in [2.05, 4.69) is 133 Å². The molecule has 0 N–H and O–H groups in total. The summed E-state index contributed by atoms with van der Waals surface area (Å²) in [6.07, 6.45) is 14.1. The Balaban J connectivity index is 1.05. The molecule has 0 amide bonds. The Morgan fingerprint density at radius 1 is 0.569 bits per heavy atom. The van der Waals surface area contributed by atoms with Crippen LogP contribution in [0, 0.1) is 11.3 Å². The van der Waals surface area contributed by atoms with Gasteiger partial charge in [-0.15, -0.1) is 0 Å². The molecule has 3 nitrogen and oxygen atoms in total. The highest BCUT2D eigenvalue weighted by atomic mass is 16.3. The van der Waals surface area contributed by atoms with Crippen molar-refractivity contribution < 1.29 is 4.42 Å². The molecule has 7 aromatic rings. The number of para-hydroxylation sites is 2. The van der Waals surface area contributed by atoms with Gasteiger partial charge in [0.25, 0.3) is 0 Å². The number of anilines is 3. The van der Waals surface area contributed by atoms with Crippen LogP contribution in [0.4, 0.5) is 17.1 Å². The van der Waals surface area contributed by atoms with Crippen molar-refractivity contribution in [1.29, 1.82) is 5.26 Å². The molecule has 9 rings (SSSR count). The van der Waals surface area contributed by atoms with Crippen molar-refractivity contribution in [2.75, 3.05) is 4.90 Å². The van der Waals surface area contributed by atoms with Crippen molar-refractivity contribution in [3.63, 3.8) is 0 Å². The Morgan fingerprint density at radius 3 is 1.98 bits per heavy atom. The van der Waals surface area contributed by atoms with Crippen molar-refractivity contribution in [3.8, 4) is 17.2 Å². The number of hydrogen-bond acceptors (Lipinski definition) is 3. The zero-order chi connectivity index (χ0) is 34.3. The molecule has 1 heterocycles. The average molecular weight is 653 g/mol. The number of hydrogen-bond donors (Lipinski definition) is 0. The van der Waals surface area contributed by atoms with Crippen molar-refractivity contribution >= 4 is 56.7 Å². The van der Waals surface area contributed by atoms with Gasteiger partial charge in [-0.3, -0.25) is 0 Å². The van der Waals surface area contributed by atoms with E-state index in [-0.39, 0.29) is 0 Å². The van der Waals surface area contributed by atoms with E-state index in [1.807, 2.05) is 54.6 Å². The Kier molecular flexibility index (Phi) is 7.42. The monoisotopic (exact) mass is 652 g/mol. The van der Waals surface area contributed by atoms with Gasteiger partial charge in [0, 0.05) is 27.8 Å². The molecule has 0 spiro atoms. The van der Waals surface area contributed by atoms with Gasteiger partial charge in [-0.1, -0.05) is 91.6 Å². The molecule has 0 atom stereocenters.